The molecule has 0 spiro atoms. The molecule has 0 bridgehead atoms. The summed E-state index contributed by atoms with van der Waals surface area (Å²) in [5.41, 5.74) is 6.30. The van der Waals surface area contributed by atoms with E-state index in [0.29, 0.717) is 5.69 Å². The predicted octanol–water partition coefficient (Wildman–Crippen LogP) is 3.57. The van der Waals surface area contributed by atoms with Gasteiger partial charge in [0.05, 0.1) is 23.1 Å². The van der Waals surface area contributed by atoms with E-state index in [4.69, 9.17) is 5.73 Å². The quantitative estimate of drug-likeness (QED) is 0.376. The predicted molar refractivity (Wildman–Crippen MR) is 134 cm³/mol. The molecule has 0 aromatic heterocycles. The van der Waals surface area contributed by atoms with Crippen LogP contribution in [-0.4, -0.2) is 53.8 Å². The Hall–Kier alpha value is -2.62. The second-order valence-corrected chi connectivity index (χ2v) is 12.0. The van der Waals surface area contributed by atoms with Gasteiger partial charge in [-0.25, -0.2) is 13.2 Å². The van der Waals surface area contributed by atoms with E-state index in [1.54, 1.807) is 0 Å². The number of nitrogens with zero attached hydrogens (tertiary/aromatic N) is 1. The summed E-state index contributed by atoms with van der Waals surface area (Å²) in [5.74, 6) is -0.0411. The molecular formula is C25H37N3O5S. The highest BCUT2D eigenvalue weighted by Gasteiger charge is 2.45. The number of aliphatic hydroxyl groups is 1. The summed E-state index contributed by atoms with van der Waals surface area (Å²) < 4.78 is 28.9. The maximum Gasteiger partial charge on any atom is 0.404 e. The molecule has 0 heterocycles. The number of amides is 1. The largest absolute Gasteiger partial charge is 0.465 e. The van der Waals surface area contributed by atoms with Crippen molar-refractivity contribution < 1.29 is 23.4 Å². The third-order valence-electron chi connectivity index (χ3n) is 5.57. The molecule has 0 saturated carbocycles. The number of benzene rings is 2. The molecule has 0 aliphatic rings. The van der Waals surface area contributed by atoms with Gasteiger partial charge in [0, 0.05) is 12.2 Å². The Morgan fingerprint density at radius 1 is 1.06 bits per heavy atom. The van der Waals surface area contributed by atoms with Gasteiger partial charge in [0.1, 0.15) is 0 Å². The fourth-order valence-electron chi connectivity index (χ4n) is 4.11. The average molecular weight is 492 g/mol. The second-order valence-electron chi connectivity index (χ2n) is 10.1. The Kier molecular flexibility index (Phi) is 9.10. The molecule has 0 fully saturated rings. The molecule has 8 nitrogen and oxygen atoms in total. The number of nitrogen functional groups attached to an aromatic ring is 1. The summed E-state index contributed by atoms with van der Waals surface area (Å²) in [5, 5.41) is 23.5. The van der Waals surface area contributed by atoms with Crippen molar-refractivity contribution in [1.82, 2.24) is 9.62 Å². The monoisotopic (exact) mass is 491 g/mol. The molecule has 0 radical (unpaired) electrons. The second kappa shape index (κ2) is 11.2. The van der Waals surface area contributed by atoms with Crippen LogP contribution in [0.2, 0.25) is 0 Å². The van der Waals surface area contributed by atoms with Crippen LogP contribution in [0.5, 0.6) is 0 Å². The van der Waals surface area contributed by atoms with Crippen molar-refractivity contribution in [2.75, 3.05) is 12.3 Å². The number of carbonyl (C=O) groups is 1. The number of aliphatic hydroxyl groups excluding tert-OH is 1. The zero-order chi connectivity index (χ0) is 25.7. The van der Waals surface area contributed by atoms with Gasteiger partial charge in [0.2, 0.25) is 10.0 Å². The van der Waals surface area contributed by atoms with Gasteiger partial charge in [0.15, 0.2) is 0 Å². The van der Waals surface area contributed by atoms with E-state index in [1.165, 1.54) is 28.6 Å². The number of carboxylic acid groups (broad SMARTS) is 1. The molecule has 2 aromatic carbocycles. The molecular weight excluding hydrogens is 454 g/mol. The Balaban J connectivity index is 2.58. The van der Waals surface area contributed by atoms with Crippen LogP contribution >= 0.6 is 0 Å². The first-order valence-electron chi connectivity index (χ1n) is 11.3. The Morgan fingerprint density at radius 3 is 2.09 bits per heavy atom. The van der Waals surface area contributed by atoms with E-state index in [1.807, 2.05) is 65.0 Å². The van der Waals surface area contributed by atoms with Crippen LogP contribution in [0.1, 0.15) is 40.2 Å². The fraction of sp³-hybridized carbons (Fsp3) is 0.480. The van der Waals surface area contributed by atoms with Crippen molar-refractivity contribution in [2.24, 2.45) is 11.3 Å². The van der Waals surface area contributed by atoms with Crippen molar-refractivity contribution >= 4 is 21.8 Å². The summed E-state index contributed by atoms with van der Waals surface area (Å²) in [4.78, 5) is 11.7. The van der Waals surface area contributed by atoms with E-state index in [9.17, 15) is 23.4 Å². The molecule has 34 heavy (non-hydrogen) atoms. The van der Waals surface area contributed by atoms with Crippen LogP contribution < -0.4 is 11.1 Å². The molecule has 0 aliphatic carbocycles. The molecule has 188 valence electrons. The van der Waals surface area contributed by atoms with Crippen LogP contribution in [0.25, 0.3) is 0 Å². The maximum atomic E-state index is 13.8. The molecule has 3 atom stereocenters. The van der Waals surface area contributed by atoms with Crippen molar-refractivity contribution in [2.45, 2.75) is 64.1 Å². The third-order valence-corrected chi connectivity index (χ3v) is 7.43. The highest BCUT2D eigenvalue weighted by Crippen LogP contribution is 2.34. The lowest BCUT2D eigenvalue weighted by Gasteiger charge is -2.44. The van der Waals surface area contributed by atoms with Gasteiger partial charge in [-0.1, -0.05) is 65.0 Å². The number of anilines is 1. The first-order chi connectivity index (χ1) is 15.7. The average Bonchev–Trinajstić information content (AvgIpc) is 2.72. The Morgan fingerprint density at radius 2 is 1.62 bits per heavy atom. The smallest absolute Gasteiger partial charge is 0.404 e. The lowest BCUT2D eigenvalue weighted by molar-refractivity contribution is 0.00250. The third kappa shape index (κ3) is 7.19. The highest BCUT2D eigenvalue weighted by molar-refractivity contribution is 7.89. The number of rotatable bonds is 10. The molecule has 0 aliphatic heterocycles. The van der Waals surface area contributed by atoms with Crippen molar-refractivity contribution in [3.63, 3.8) is 0 Å². The minimum Gasteiger partial charge on any atom is -0.465 e. The zero-order valence-corrected chi connectivity index (χ0v) is 21.3. The lowest BCUT2D eigenvalue weighted by Crippen LogP contribution is -2.61. The van der Waals surface area contributed by atoms with Crippen molar-refractivity contribution in [3.8, 4) is 0 Å². The summed E-state index contributed by atoms with van der Waals surface area (Å²) in [7, 11) is -4.03. The number of nitrogens with one attached hydrogen (secondary N) is 1. The fourth-order valence-corrected chi connectivity index (χ4v) is 6.10. The summed E-state index contributed by atoms with van der Waals surface area (Å²) >= 11 is 0. The van der Waals surface area contributed by atoms with E-state index in [-0.39, 0.29) is 23.8 Å². The van der Waals surface area contributed by atoms with Crippen LogP contribution in [-0.2, 0) is 16.4 Å². The van der Waals surface area contributed by atoms with Gasteiger partial charge in [-0.05, 0) is 47.6 Å². The van der Waals surface area contributed by atoms with Gasteiger partial charge in [-0.2, -0.15) is 4.31 Å². The number of nitrogens with two attached hydrogens (primary N) is 1. The first kappa shape index (κ1) is 27.6. The highest BCUT2D eigenvalue weighted by atomic mass is 32.2. The van der Waals surface area contributed by atoms with Crippen LogP contribution in [0, 0.1) is 11.3 Å². The number of sulfonamides is 1. The van der Waals surface area contributed by atoms with Crippen molar-refractivity contribution in [3.05, 3.63) is 60.2 Å². The van der Waals surface area contributed by atoms with Crippen LogP contribution in [0.4, 0.5) is 10.5 Å². The van der Waals surface area contributed by atoms with Gasteiger partial charge >= 0.3 is 6.09 Å². The van der Waals surface area contributed by atoms with Gasteiger partial charge in [-0.15, -0.1) is 0 Å². The van der Waals surface area contributed by atoms with E-state index >= 15 is 0 Å². The number of hydrogen-bond donors (Lipinski definition) is 4. The minimum absolute atomic E-state index is 0.0411. The maximum absolute atomic E-state index is 13.8. The van der Waals surface area contributed by atoms with Gasteiger partial charge in [-0.3, -0.25) is 0 Å². The lowest BCUT2D eigenvalue weighted by atomic mass is 9.79. The standard InChI is InChI=1S/C25H37N3O5S/c1-17(2)16-28(34(32,33)20-13-11-19(26)12-14-20)23(25(3,4)5)22(29)21(27-24(30)31)15-18-9-7-6-8-10-18/h6-14,17,21-23,27,29H,15-16,26H2,1-5H3,(H,30,31)/t21-,22+,23?/m0/s1. The summed E-state index contributed by atoms with van der Waals surface area (Å²) in [6.45, 7) is 9.47. The Bertz CT molecular complexity index is 1030. The van der Waals surface area contributed by atoms with Crippen molar-refractivity contribution in [1.29, 1.82) is 0 Å². The van der Waals surface area contributed by atoms with Gasteiger partial charge < -0.3 is 21.3 Å². The van der Waals surface area contributed by atoms with E-state index in [2.05, 4.69) is 5.32 Å². The Labute approximate surface area is 202 Å². The van der Waals surface area contributed by atoms with E-state index in [0.717, 1.165) is 5.56 Å². The van der Waals surface area contributed by atoms with Crippen LogP contribution in [0.15, 0.2) is 59.5 Å². The van der Waals surface area contributed by atoms with Gasteiger partial charge in [0.25, 0.3) is 0 Å². The summed E-state index contributed by atoms with van der Waals surface area (Å²) in [6, 6.07) is 13.3. The SMILES string of the molecule is CC(C)CN(C([C@H](O)[C@H](Cc1ccccc1)NC(=O)O)C(C)(C)C)S(=O)(=O)c1ccc(N)cc1. The molecule has 2 rings (SSSR count). The molecule has 1 amide bonds. The number of hydrogen-bond acceptors (Lipinski definition) is 5. The molecule has 1 unspecified atom stereocenters. The first-order valence-corrected chi connectivity index (χ1v) is 12.8. The molecule has 9 heteroatoms. The van der Waals surface area contributed by atoms with Crippen LogP contribution in [0.3, 0.4) is 0 Å². The zero-order valence-electron chi connectivity index (χ0n) is 20.5. The topological polar surface area (TPSA) is 133 Å². The normalized spacial score (nSPS) is 15.2. The summed E-state index contributed by atoms with van der Waals surface area (Å²) in [6.07, 6.45) is -2.40. The molecule has 5 N–H and O–H groups in total. The molecule has 0 saturated heterocycles. The minimum atomic E-state index is -4.03. The molecule has 2 aromatic rings. The van der Waals surface area contributed by atoms with E-state index < -0.39 is 39.7 Å².